The highest BCUT2D eigenvalue weighted by Gasteiger charge is 2.65. The van der Waals surface area contributed by atoms with E-state index in [1.165, 1.54) is 6.08 Å². The molecule has 0 radical (unpaired) electrons. The lowest BCUT2D eigenvalue weighted by Gasteiger charge is -2.59. The van der Waals surface area contributed by atoms with Crippen molar-refractivity contribution < 1.29 is 52.6 Å². The lowest BCUT2D eigenvalue weighted by Crippen LogP contribution is -2.59. The van der Waals surface area contributed by atoms with E-state index in [1.807, 2.05) is 13.0 Å². The number of hydrogen-bond acceptors (Lipinski definition) is 11. The van der Waals surface area contributed by atoms with E-state index in [2.05, 4.69) is 13.8 Å². The Bertz CT molecular complexity index is 1490. The van der Waals surface area contributed by atoms with Crippen LogP contribution < -0.4 is 9.47 Å². The van der Waals surface area contributed by atoms with Gasteiger partial charge in [-0.2, -0.15) is 0 Å². The van der Waals surface area contributed by atoms with Crippen molar-refractivity contribution in [1.29, 1.82) is 0 Å². The molecule has 2 saturated carbocycles. The van der Waals surface area contributed by atoms with E-state index in [9.17, 15) is 19.5 Å². The molecule has 1 aromatic carbocycles. The van der Waals surface area contributed by atoms with Crippen molar-refractivity contribution in [3.63, 3.8) is 0 Å². The summed E-state index contributed by atoms with van der Waals surface area (Å²) in [6.45, 7) is 8.77. The van der Waals surface area contributed by atoms with Crippen LogP contribution in [0.5, 0.6) is 11.5 Å². The summed E-state index contributed by atoms with van der Waals surface area (Å²) in [5.74, 6) is -0.143. The summed E-state index contributed by atoms with van der Waals surface area (Å²) >= 11 is 0. The van der Waals surface area contributed by atoms with E-state index < -0.39 is 35.3 Å². The number of carbonyl (C=O) groups is 3. The summed E-state index contributed by atoms with van der Waals surface area (Å²) in [6.07, 6.45) is 8.19. The minimum atomic E-state index is -0.910. The van der Waals surface area contributed by atoms with Gasteiger partial charge in [0, 0.05) is 17.9 Å². The van der Waals surface area contributed by atoms with Gasteiger partial charge in [0.2, 0.25) is 6.79 Å². The lowest BCUT2D eigenvalue weighted by molar-refractivity contribution is -0.223. The Morgan fingerprint density at radius 3 is 2.62 bits per heavy atom. The van der Waals surface area contributed by atoms with Crippen molar-refractivity contribution >= 4 is 24.0 Å². The molecular formula is C36H44O11. The van der Waals surface area contributed by atoms with Crippen LogP contribution in [0.15, 0.2) is 47.6 Å². The lowest BCUT2D eigenvalue weighted by atomic mass is 9.47. The van der Waals surface area contributed by atoms with Crippen LogP contribution in [0.3, 0.4) is 0 Å². The highest BCUT2D eigenvalue weighted by Crippen LogP contribution is 2.65. The Labute approximate surface area is 274 Å². The zero-order valence-corrected chi connectivity index (χ0v) is 27.5. The summed E-state index contributed by atoms with van der Waals surface area (Å²) in [5, 5.41) is 10.5. The normalized spacial score (nSPS) is 34.8. The van der Waals surface area contributed by atoms with Gasteiger partial charge in [0.25, 0.3) is 0 Å². The Morgan fingerprint density at radius 2 is 1.87 bits per heavy atom. The number of allylic oxidation sites excluding steroid dienone is 2. The molecule has 11 nitrogen and oxygen atoms in total. The van der Waals surface area contributed by atoms with Gasteiger partial charge in [-0.3, -0.25) is 4.79 Å². The predicted molar refractivity (Wildman–Crippen MR) is 168 cm³/mol. The van der Waals surface area contributed by atoms with E-state index >= 15 is 0 Å². The van der Waals surface area contributed by atoms with Crippen LogP contribution in [0.25, 0.3) is 6.08 Å². The van der Waals surface area contributed by atoms with E-state index in [0.29, 0.717) is 30.9 Å². The SMILES string of the molecule is CCC(=O)OC[C@@]1(C)C2CCC3(CO3)/C(=C\C=C3\C(=O)OC[C@H]3OC(=O)/C=C/c3ccc4c(c3)OCO4)[C@@]2(C)CC[C@H]1OC(O)CC. The number of aliphatic hydroxyl groups excluding tert-OH is 1. The first-order valence-electron chi connectivity index (χ1n) is 16.5. The summed E-state index contributed by atoms with van der Waals surface area (Å²) in [6, 6.07) is 5.34. The fraction of sp³-hybridized carbons (Fsp3) is 0.583. The fourth-order valence-electron chi connectivity index (χ4n) is 7.92. The Kier molecular flexibility index (Phi) is 9.26. The molecule has 2 saturated heterocycles. The van der Waals surface area contributed by atoms with Crippen molar-refractivity contribution in [2.24, 2.45) is 16.7 Å². The molecule has 254 valence electrons. The maximum absolute atomic E-state index is 12.8. The van der Waals surface area contributed by atoms with Gasteiger partial charge in [0.15, 0.2) is 23.9 Å². The summed E-state index contributed by atoms with van der Waals surface area (Å²) < 4.78 is 39.7. The van der Waals surface area contributed by atoms with Crippen LogP contribution in [0, 0.1) is 16.7 Å². The molecule has 3 unspecified atom stereocenters. The van der Waals surface area contributed by atoms with Gasteiger partial charge in [-0.15, -0.1) is 0 Å². The quantitative estimate of drug-likeness (QED) is 0.123. The van der Waals surface area contributed by atoms with Crippen molar-refractivity contribution in [3.05, 3.63) is 53.1 Å². The number of fused-ring (bicyclic) bond motifs is 2. The third-order valence-corrected chi connectivity index (χ3v) is 10.6. The maximum atomic E-state index is 12.8. The van der Waals surface area contributed by atoms with Crippen LogP contribution >= 0.6 is 0 Å². The predicted octanol–water partition coefficient (Wildman–Crippen LogP) is 4.80. The number of hydrogen-bond donors (Lipinski definition) is 1. The average Bonchev–Trinajstić information content (AvgIpc) is 3.51. The van der Waals surface area contributed by atoms with Gasteiger partial charge in [-0.05, 0) is 78.9 Å². The number of epoxide rings is 1. The number of ether oxygens (including phenoxy) is 7. The van der Waals surface area contributed by atoms with Crippen molar-refractivity contribution in [3.8, 4) is 11.5 Å². The van der Waals surface area contributed by atoms with E-state index in [-0.39, 0.29) is 55.4 Å². The molecule has 0 bridgehead atoms. The number of rotatable bonds is 10. The second kappa shape index (κ2) is 13.1. The van der Waals surface area contributed by atoms with Crippen LogP contribution in [0.4, 0.5) is 0 Å². The minimum Gasteiger partial charge on any atom is -0.465 e. The van der Waals surface area contributed by atoms with Gasteiger partial charge in [-0.1, -0.05) is 39.8 Å². The van der Waals surface area contributed by atoms with E-state index in [1.54, 1.807) is 37.3 Å². The highest BCUT2D eigenvalue weighted by molar-refractivity contribution is 5.94. The van der Waals surface area contributed by atoms with Crippen LogP contribution in [-0.2, 0) is 38.1 Å². The molecule has 5 aliphatic rings. The molecule has 2 aliphatic carbocycles. The maximum Gasteiger partial charge on any atom is 0.338 e. The topological polar surface area (TPSA) is 139 Å². The molecular weight excluding hydrogens is 608 g/mol. The fourth-order valence-corrected chi connectivity index (χ4v) is 7.92. The number of carbonyl (C=O) groups excluding carboxylic acids is 3. The van der Waals surface area contributed by atoms with Gasteiger partial charge in [0.05, 0.1) is 24.9 Å². The Morgan fingerprint density at radius 1 is 1.09 bits per heavy atom. The molecule has 0 amide bonds. The molecule has 3 heterocycles. The Hall–Kier alpha value is -3.67. The van der Waals surface area contributed by atoms with Gasteiger partial charge >= 0.3 is 17.9 Å². The Balaban J connectivity index is 1.24. The minimum absolute atomic E-state index is 0.0346. The van der Waals surface area contributed by atoms with Crippen molar-refractivity contribution in [2.45, 2.75) is 90.3 Å². The summed E-state index contributed by atoms with van der Waals surface area (Å²) in [4.78, 5) is 37.9. The summed E-state index contributed by atoms with van der Waals surface area (Å²) in [7, 11) is 0. The first-order chi connectivity index (χ1) is 22.5. The van der Waals surface area contributed by atoms with E-state index in [0.717, 1.165) is 30.4 Å². The van der Waals surface area contributed by atoms with Gasteiger partial charge < -0.3 is 38.3 Å². The third-order valence-electron chi connectivity index (χ3n) is 10.6. The summed E-state index contributed by atoms with van der Waals surface area (Å²) in [5.41, 5.74) is 0.655. The first kappa shape index (κ1) is 33.2. The average molecular weight is 653 g/mol. The largest absolute Gasteiger partial charge is 0.465 e. The first-order valence-corrected chi connectivity index (χ1v) is 16.5. The molecule has 3 aliphatic heterocycles. The number of esters is 3. The third kappa shape index (κ3) is 6.45. The van der Waals surface area contributed by atoms with Crippen LogP contribution in [-0.4, -0.2) is 73.7 Å². The van der Waals surface area contributed by atoms with Crippen LogP contribution in [0.1, 0.15) is 71.8 Å². The molecule has 1 spiro atoms. The smallest absolute Gasteiger partial charge is 0.338 e. The van der Waals surface area contributed by atoms with Gasteiger partial charge in [-0.25, -0.2) is 9.59 Å². The van der Waals surface area contributed by atoms with Gasteiger partial charge in [0.1, 0.15) is 12.2 Å². The molecule has 6 rings (SSSR count). The second-order valence-corrected chi connectivity index (χ2v) is 13.5. The number of cyclic esters (lactones) is 1. The standard InChI is InChI=1S/C36H44O11/c1-5-30(37)42-19-35(4)27-13-16-36(20-45-36)28(34(27,3)15-14-29(35)47-31(38)6-2)11-9-23-26(18-41-33(23)40)46-32(39)12-8-22-7-10-24-25(17-22)44-21-43-24/h7-12,17,26-27,29,31,38H,5-6,13-16,18-21H2,1-4H3/b12-8+,23-9+,28-11-/t26-,27?,29-,31?,34+,35+,36?/m1/s1. The zero-order valence-electron chi connectivity index (χ0n) is 27.5. The van der Waals surface area contributed by atoms with Crippen molar-refractivity contribution in [2.75, 3.05) is 26.6 Å². The molecule has 11 heteroatoms. The molecule has 47 heavy (non-hydrogen) atoms. The highest BCUT2D eigenvalue weighted by atomic mass is 16.7. The second-order valence-electron chi connectivity index (χ2n) is 13.5. The molecule has 0 aromatic heterocycles. The number of benzene rings is 1. The zero-order chi connectivity index (χ0) is 33.4. The molecule has 7 atom stereocenters. The van der Waals surface area contributed by atoms with Crippen LogP contribution in [0.2, 0.25) is 0 Å². The van der Waals surface area contributed by atoms with Crippen molar-refractivity contribution in [1.82, 2.24) is 0 Å². The molecule has 4 fully saturated rings. The monoisotopic (exact) mass is 652 g/mol. The van der Waals surface area contributed by atoms with E-state index in [4.69, 9.17) is 33.2 Å². The molecule has 1 aromatic rings. The number of aliphatic hydroxyl groups is 1. The molecule has 1 N–H and O–H groups in total.